The van der Waals surface area contributed by atoms with Crippen LogP contribution in [-0.4, -0.2) is 13.1 Å². The molecule has 1 nitrogen and oxygen atoms in total. The zero-order chi connectivity index (χ0) is 6.91. The molecule has 0 saturated heterocycles. The molecule has 0 amide bonds. The van der Waals surface area contributed by atoms with Crippen LogP contribution in [-0.2, 0) is 0 Å². The predicted octanol–water partition coefficient (Wildman–Crippen LogP) is 1.01. The largest absolute Gasteiger partial charge is 0.306 e. The van der Waals surface area contributed by atoms with E-state index in [-0.39, 0.29) is 6.04 Å². The Labute approximate surface area is 56.8 Å². The summed E-state index contributed by atoms with van der Waals surface area (Å²) in [7, 11) is 1.92. The molecule has 0 aromatic heterocycles. The van der Waals surface area contributed by atoms with E-state index >= 15 is 0 Å². The highest BCUT2D eigenvalue weighted by Crippen LogP contribution is 2.47. The monoisotopic (exact) mass is 123 g/mol. The zero-order valence-electron chi connectivity index (χ0n) is 6.07. The normalized spacial score (nSPS) is 24.6. The second-order valence-corrected chi connectivity index (χ2v) is 3.04. The fourth-order valence-electron chi connectivity index (χ4n) is 1.12. The SMILES string of the molecule is C#CC(NC)C1(C)CC1. The van der Waals surface area contributed by atoms with Gasteiger partial charge in [0.25, 0.3) is 0 Å². The van der Waals surface area contributed by atoms with Gasteiger partial charge >= 0.3 is 0 Å². The molecule has 1 atom stereocenters. The van der Waals surface area contributed by atoms with Gasteiger partial charge in [0.2, 0.25) is 0 Å². The molecule has 1 heteroatoms. The van der Waals surface area contributed by atoms with E-state index in [1.54, 1.807) is 0 Å². The third-order valence-corrected chi connectivity index (χ3v) is 2.19. The first kappa shape index (κ1) is 6.64. The maximum atomic E-state index is 5.30. The minimum absolute atomic E-state index is 0.289. The highest BCUT2D eigenvalue weighted by atomic mass is 14.9. The summed E-state index contributed by atoms with van der Waals surface area (Å²) < 4.78 is 0. The fourth-order valence-corrected chi connectivity index (χ4v) is 1.12. The van der Waals surface area contributed by atoms with Crippen LogP contribution in [0.25, 0.3) is 0 Å². The minimum atomic E-state index is 0.289. The lowest BCUT2D eigenvalue weighted by atomic mass is 10.0. The van der Waals surface area contributed by atoms with E-state index in [0.717, 1.165) is 0 Å². The third-order valence-electron chi connectivity index (χ3n) is 2.19. The van der Waals surface area contributed by atoms with E-state index in [9.17, 15) is 0 Å². The molecular formula is C8H13N. The van der Waals surface area contributed by atoms with Gasteiger partial charge in [-0.2, -0.15) is 0 Å². The number of nitrogens with one attached hydrogen (secondary N) is 1. The molecule has 50 valence electrons. The molecule has 1 saturated carbocycles. The summed E-state index contributed by atoms with van der Waals surface area (Å²) in [6.07, 6.45) is 7.86. The van der Waals surface area contributed by atoms with Gasteiger partial charge in [0.1, 0.15) is 0 Å². The average molecular weight is 123 g/mol. The molecule has 1 rings (SSSR count). The molecule has 0 aromatic carbocycles. The summed E-state index contributed by atoms with van der Waals surface area (Å²) in [5, 5.41) is 3.12. The van der Waals surface area contributed by atoms with Gasteiger partial charge in [-0.3, -0.25) is 0 Å². The first-order chi connectivity index (χ1) is 4.23. The van der Waals surface area contributed by atoms with Crippen molar-refractivity contribution in [3.63, 3.8) is 0 Å². The summed E-state index contributed by atoms with van der Waals surface area (Å²) >= 11 is 0. The first-order valence-electron chi connectivity index (χ1n) is 3.36. The van der Waals surface area contributed by atoms with Crippen LogP contribution in [0.15, 0.2) is 0 Å². The molecule has 1 aliphatic carbocycles. The average Bonchev–Trinajstić information content (AvgIpc) is 2.52. The second-order valence-electron chi connectivity index (χ2n) is 3.04. The molecule has 0 radical (unpaired) electrons. The van der Waals surface area contributed by atoms with E-state index in [1.165, 1.54) is 12.8 Å². The number of rotatable bonds is 2. The minimum Gasteiger partial charge on any atom is -0.306 e. The lowest BCUT2D eigenvalue weighted by Crippen LogP contribution is -2.31. The number of hydrogen-bond donors (Lipinski definition) is 1. The van der Waals surface area contributed by atoms with Crippen molar-refractivity contribution in [2.45, 2.75) is 25.8 Å². The van der Waals surface area contributed by atoms with Crippen LogP contribution in [0.4, 0.5) is 0 Å². The van der Waals surface area contributed by atoms with Crippen molar-refractivity contribution in [1.29, 1.82) is 0 Å². The van der Waals surface area contributed by atoms with Crippen molar-refractivity contribution in [2.75, 3.05) is 7.05 Å². The molecule has 0 spiro atoms. The lowest BCUT2D eigenvalue weighted by molar-refractivity contribution is 0.455. The Morgan fingerprint density at radius 1 is 1.67 bits per heavy atom. The highest BCUT2D eigenvalue weighted by Gasteiger charge is 2.43. The first-order valence-corrected chi connectivity index (χ1v) is 3.36. The van der Waals surface area contributed by atoms with E-state index in [2.05, 4.69) is 18.2 Å². The van der Waals surface area contributed by atoms with Crippen LogP contribution in [0.3, 0.4) is 0 Å². The zero-order valence-corrected chi connectivity index (χ0v) is 6.07. The predicted molar refractivity (Wildman–Crippen MR) is 39.0 cm³/mol. The topological polar surface area (TPSA) is 12.0 Å². The molecular weight excluding hydrogens is 110 g/mol. The summed E-state index contributed by atoms with van der Waals surface area (Å²) in [5.41, 5.74) is 0.420. The van der Waals surface area contributed by atoms with Crippen molar-refractivity contribution >= 4 is 0 Å². The van der Waals surface area contributed by atoms with E-state index in [1.807, 2.05) is 7.05 Å². The molecule has 9 heavy (non-hydrogen) atoms. The molecule has 0 heterocycles. The smallest absolute Gasteiger partial charge is 0.0738 e. The standard InChI is InChI=1S/C8H13N/c1-4-7(9-3)8(2)5-6-8/h1,7,9H,5-6H2,2-3H3. The van der Waals surface area contributed by atoms with E-state index in [4.69, 9.17) is 6.42 Å². The summed E-state index contributed by atoms with van der Waals surface area (Å²) in [5.74, 6) is 2.74. The summed E-state index contributed by atoms with van der Waals surface area (Å²) in [4.78, 5) is 0. The van der Waals surface area contributed by atoms with Crippen LogP contribution in [0.5, 0.6) is 0 Å². The van der Waals surface area contributed by atoms with Gasteiger partial charge in [0, 0.05) is 0 Å². The molecule has 1 N–H and O–H groups in total. The Morgan fingerprint density at radius 2 is 2.22 bits per heavy atom. The van der Waals surface area contributed by atoms with Gasteiger partial charge in [0.15, 0.2) is 0 Å². The van der Waals surface area contributed by atoms with Gasteiger partial charge in [-0.25, -0.2) is 0 Å². The molecule has 1 aliphatic rings. The Hall–Kier alpha value is -0.480. The van der Waals surface area contributed by atoms with Crippen molar-refractivity contribution in [3.8, 4) is 12.3 Å². The summed E-state index contributed by atoms with van der Waals surface area (Å²) in [6.45, 7) is 2.23. The van der Waals surface area contributed by atoms with E-state index < -0.39 is 0 Å². The molecule has 1 unspecified atom stereocenters. The highest BCUT2D eigenvalue weighted by molar-refractivity contribution is 5.12. The van der Waals surface area contributed by atoms with Gasteiger partial charge in [-0.15, -0.1) is 6.42 Å². The fraction of sp³-hybridized carbons (Fsp3) is 0.750. The Bertz CT molecular complexity index is 139. The van der Waals surface area contributed by atoms with Crippen molar-refractivity contribution in [2.24, 2.45) is 5.41 Å². The quantitative estimate of drug-likeness (QED) is 0.540. The van der Waals surface area contributed by atoms with Crippen LogP contribution in [0.2, 0.25) is 0 Å². The number of terminal acetylenes is 1. The Kier molecular flexibility index (Phi) is 1.50. The van der Waals surface area contributed by atoms with Crippen molar-refractivity contribution in [3.05, 3.63) is 0 Å². The van der Waals surface area contributed by atoms with Crippen LogP contribution in [0, 0.1) is 17.8 Å². The van der Waals surface area contributed by atoms with E-state index in [0.29, 0.717) is 5.41 Å². The maximum absolute atomic E-state index is 5.30. The number of hydrogen-bond acceptors (Lipinski definition) is 1. The molecule has 0 bridgehead atoms. The maximum Gasteiger partial charge on any atom is 0.0738 e. The second kappa shape index (κ2) is 2.04. The third kappa shape index (κ3) is 1.09. The van der Waals surface area contributed by atoms with Crippen LogP contribution >= 0.6 is 0 Å². The lowest BCUT2D eigenvalue weighted by Gasteiger charge is -2.15. The Balaban J connectivity index is 2.50. The van der Waals surface area contributed by atoms with Gasteiger partial charge < -0.3 is 5.32 Å². The van der Waals surface area contributed by atoms with Gasteiger partial charge in [-0.05, 0) is 25.3 Å². The molecule has 0 aliphatic heterocycles. The molecule has 0 aromatic rings. The van der Waals surface area contributed by atoms with Crippen LogP contribution < -0.4 is 5.32 Å². The van der Waals surface area contributed by atoms with Gasteiger partial charge in [-0.1, -0.05) is 12.8 Å². The van der Waals surface area contributed by atoms with Crippen molar-refractivity contribution in [1.82, 2.24) is 5.32 Å². The van der Waals surface area contributed by atoms with Crippen LogP contribution in [0.1, 0.15) is 19.8 Å². The molecule has 1 fully saturated rings. The summed E-state index contributed by atoms with van der Waals surface area (Å²) in [6, 6.07) is 0.289. The van der Waals surface area contributed by atoms with Crippen molar-refractivity contribution < 1.29 is 0 Å². The Morgan fingerprint density at radius 3 is 2.33 bits per heavy atom. The van der Waals surface area contributed by atoms with Gasteiger partial charge in [0.05, 0.1) is 6.04 Å².